The molecule has 0 aromatic carbocycles. The van der Waals surface area contributed by atoms with E-state index in [0.29, 0.717) is 20.9 Å². The van der Waals surface area contributed by atoms with Crippen molar-refractivity contribution in [2.24, 2.45) is 0 Å². The molecule has 0 aliphatic carbocycles. The normalized spacial score (nSPS) is 23.3. The third-order valence-electron chi connectivity index (χ3n) is 2.98. The first-order valence-electron chi connectivity index (χ1n) is 6.55. The van der Waals surface area contributed by atoms with E-state index in [1.54, 1.807) is 16.8 Å². The van der Waals surface area contributed by atoms with Crippen molar-refractivity contribution in [3.63, 3.8) is 0 Å². The summed E-state index contributed by atoms with van der Waals surface area (Å²) in [5.74, 6) is 0.606. The van der Waals surface area contributed by atoms with Crippen LogP contribution in [0.15, 0.2) is 17.1 Å². The van der Waals surface area contributed by atoms with Gasteiger partial charge < -0.3 is 14.6 Å². The molecule has 1 N–H and O–H groups in total. The molecule has 112 valence electrons. The summed E-state index contributed by atoms with van der Waals surface area (Å²) in [5.41, 5.74) is -0.275. The van der Waals surface area contributed by atoms with Gasteiger partial charge in [0.05, 0.1) is 12.7 Å². The van der Waals surface area contributed by atoms with Gasteiger partial charge in [-0.1, -0.05) is 7.96 Å². The summed E-state index contributed by atoms with van der Waals surface area (Å²) in [7, 11) is 3.92. The van der Waals surface area contributed by atoms with Gasteiger partial charge in [0.2, 0.25) is 0 Å². The molecule has 1 fully saturated rings. The van der Waals surface area contributed by atoms with Gasteiger partial charge in [-0.3, -0.25) is 4.57 Å². The zero-order valence-corrected chi connectivity index (χ0v) is 14.5. The van der Waals surface area contributed by atoms with Gasteiger partial charge in [0.1, 0.15) is 12.0 Å². The van der Waals surface area contributed by atoms with Crippen molar-refractivity contribution in [2.75, 3.05) is 18.5 Å². The Hall–Kier alpha value is -0.110. The van der Waals surface area contributed by atoms with Gasteiger partial charge in [0.25, 0.3) is 0 Å². The number of nitrogens with one attached hydrogen (secondary N) is 1. The van der Waals surface area contributed by atoms with Gasteiger partial charge in [0.15, 0.2) is 0 Å². The van der Waals surface area contributed by atoms with Gasteiger partial charge in [-0.2, -0.15) is 4.98 Å². The van der Waals surface area contributed by atoms with E-state index < -0.39 is 0 Å². The lowest BCUT2D eigenvalue weighted by atomic mass is 10.2. The highest BCUT2D eigenvalue weighted by Gasteiger charge is 2.27. The summed E-state index contributed by atoms with van der Waals surface area (Å²) >= 11 is 0. The fourth-order valence-corrected chi connectivity index (χ4v) is 3.70. The molecule has 3 unspecified atom stereocenters. The van der Waals surface area contributed by atoms with E-state index in [9.17, 15) is 4.79 Å². The molecule has 0 amide bonds. The highest BCUT2D eigenvalue weighted by atomic mass is 32.4. The first-order valence-corrected chi connectivity index (χ1v) is 11.3. The second-order valence-corrected chi connectivity index (χ2v) is 9.24. The fraction of sp³-hybridized carbons (Fsp3) is 0.636. The Morgan fingerprint density at radius 2 is 2.50 bits per heavy atom. The van der Waals surface area contributed by atoms with Crippen LogP contribution >= 0.6 is 25.4 Å². The molecule has 0 saturated carbocycles. The van der Waals surface area contributed by atoms with Crippen molar-refractivity contribution in [2.45, 2.75) is 32.1 Å². The Balaban J connectivity index is 1.94. The van der Waals surface area contributed by atoms with Gasteiger partial charge in [-0.05, 0) is 25.8 Å². The molecule has 9 heteroatoms. The number of rotatable bonds is 7. The predicted molar refractivity (Wildman–Crippen MR) is 88.1 cm³/mol. The van der Waals surface area contributed by atoms with Crippen molar-refractivity contribution in [1.29, 1.82) is 0 Å². The molecular weight excluding hydrogens is 315 g/mol. The zero-order valence-electron chi connectivity index (χ0n) is 11.3. The monoisotopic (exact) mass is 335 g/mol. The molecule has 0 spiro atoms. The van der Waals surface area contributed by atoms with E-state index in [0.717, 1.165) is 27.3 Å². The van der Waals surface area contributed by atoms with Crippen LogP contribution in [0.3, 0.4) is 0 Å². The van der Waals surface area contributed by atoms with Crippen molar-refractivity contribution in [1.82, 2.24) is 9.55 Å². The van der Waals surface area contributed by atoms with Crippen LogP contribution in [0.1, 0.15) is 26.0 Å². The Morgan fingerprint density at radius 3 is 3.20 bits per heavy atom. The smallest absolute Gasteiger partial charge is 0.351 e. The number of ether oxygens (including phenoxy) is 1. The van der Waals surface area contributed by atoms with Crippen LogP contribution in [0.5, 0.6) is 0 Å². The number of hydrogen-bond donors (Lipinski definition) is 1. The molecule has 0 bridgehead atoms. The average molecular weight is 335 g/mol. The highest BCUT2D eigenvalue weighted by Crippen LogP contribution is 2.44. The average Bonchev–Trinajstić information content (AvgIpc) is 2.88. The van der Waals surface area contributed by atoms with E-state index in [2.05, 4.69) is 19.2 Å². The number of anilines is 1. The van der Waals surface area contributed by atoms with Crippen LogP contribution in [0.2, 0.25) is 0 Å². The van der Waals surface area contributed by atoms with Crippen LogP contribution < -0.4 is 11.0 Å². The van der Waals surface area contributed by atoms with Crippen molar-refractivity contribution < 1.29 is 9.26 Å². The van der Waals surface area contributed by atoms with E-state index in [1.165, 1.54) is 0 Å². The summed E-state index contributed by atoms with van der Waals surface area (Å²) in [6.45, 7) is 3.31. The Labute approximate surface area is 124 Å². The largest absolute Gasteiger partial charge is 0.370 e. The van der Waals surface area contributed by atoms with E-state index in [4.69, 9.17) is 9.26 Å². The molecule has 0 radical (unpaired) electrons. The first kappa shape index (κ1) is 16.3. The molecule has 5 atom stereocenters. The summed E-state index contributed by atoms with van der Waals surface area (Å²) in [6.07, 6.45) is 3.33. The van der Waals surface area contributed by atoms with Crippen LogP contribution in [0.4, 0.5) is 5.82 Å². The van der Waals surface area contributed by atoms with Crippen LogP contribution in [0.25, 0.3) is 0 Å². The van der Waals surface area contributed by atoms with Crippen LogP contribution in [0, 0.1) is 0 Å². The van der Waals surface area contributed by atoms with Gasteiger partial charge in [0, 0.05) is 21.2 Å². The Bertz CT molecular complexity index is 485. The lowest BCUT2D eigenvalue weighted by Gasteiger charge is -2.16. The Kier molecular flexibility index (Phi) is 6.80. The number of aromatic nitrogens is 2. The Morgan fingerprint density at radius 1 is 1.65 bits per heavy atom. The van der Waals surface area contributed by atoms with Crippen molar-refractivity contribution >= 4 is 31.2 Å². The van der Waals surface area contributed by atoms with Crippen LogP contribution in [-0.4, -0.2) is 28.8 Å². The third-order valence-corrected chi connectivity index (χ3v) is 5.26. The molecule has 2 heterocycles. The molecule has 1 aliphatic heterocycles. The van der Waals surface area contributed by atoms with E-state index in [-0.39, 0.29) is 18.0 Å². The van der Waals surface area contributed by atoms with Crippen molar-refractivity contribution in [3.05, 3.63) is 22.7 Å². The fourth-order valence-electron chi connectivity index (χ4n) is 2.10. The van der Waals surface area contributed by atoms with Crippen molar-refractivity contribution in [3.8, 4) is 0 Å². The molecule has 6 nitrogen and oxygen atoms in total. The minimum atomic E-state index is -0.275. The van der Waals surface area contributed by atoms with E-state index >= 15 is 0 Å². The zero-order chi connectivity index (χ0) is 14.4. The minimum absolute atomic E-state index is 0.0780. The summed E-state index contributed by atoms with van der Waals surface area (Å²) in [6, 6.07) is 1.80. The van der Waals surface area contributed by atoms with Gasteiger partial charge >= 0.3 is 5.69 Å². The molecule has 1 aliphatic rings. The minimum Gasteiger partial charge on any atom is -0.370 e. The second kappa shape index (κ2) is 8.36. The maximum atomic E-state index is 12.0. The molecule has 1 aromatic rings. The van der Waals surface area contributed by atoms with Crippen LogP contribution in [-0.2, 0) is 9.26 Å². The highest BCUT2D eigenvalue weighted by molar-refractivity contribution is 8.37. The lowest BCUT2D eigenvalue weighted by Crippen LogP contribution is -2.28. The molecule has 20 heavy (non-hydrogen) atoms. The maximum Gasteiger partial charge on any atom is 0.351 e. The number of nitrogens with zero attached hydrogens (tertiary/aromatic N) is 2. The second-order valence-electron chi connectivity index (χ2n) is 4.38. The predicted octanol–water partition coefficient (Wildman–Crippen LogP) is 2.35. The number of hydrogen-bond acceptors (Lipinski definition) is 5. The maximum absolute atomic E-state index is 12.0. The first-order chi connectivity index (χ1) is 9.74. The van der Waals surface area contributed by atoms with E-state index in [1.807, 2.05) is 6.92 Å². The lowest BCUT2D eigenvalue weighted by molar-refractivity contribution is -0.0173. The summed E-state index contributed by atoms with van der Waals surface area (Å²) < 4.78 is 12.9. The molecule has 1 saturated heterocycles. The van der Waals surface area contributed by atoms with Gasteiger partial charge in [-0.25, -0.2) is 4.79 Å². The molecule has 1 aromatic heterocycles. The SMILES string of the molecule is CCNc1ccn([C@H]2CC[C@@H](COPPP)O2)c(=O)n1. The summed E-state index contributed by atoms with van der Waals surface area (Å²) in [5, 5.41) is 3.02. The third kappa shape index (κ3) is 4.44. The standard InChI is InChI=1S/C11H20N3O3P3/c1-2-12-9-5-6-14(11(15)13-9)10-4-3-8(17-10)7-16-19-20-18/h5-6,8,10,19-20H,2-4,7,18H2,1H3,(H,12,13,15)/t8-,10+/m0/s1. The van der Waals surface area contributed by atoms with Gasteiger partial charge in [-0.15, -0.1) is 8.93 Å². The topological polar surface area (TPSA) is 65.4 Å². The quantitative estimate of drug-likeness (QED) is 0.612. The molecule has 2 rings (SSSR count). The molecular formula is C11H20N3O3P3. The summed E-state index contributed by atoms with van der Waals surface area (Å²) in [4.78, 5) is 16.0.